The number of benzene rings is 1. The van der Waals surface area contributed by atoms with E-state index in [4.69, 9.17) is 0 Å². The lowest BCUT2D eigenvalue weighted by molar-refractivity contribution is -0.107. The fourth-order valence-electron chi connectivity index (χ4n) is 1.40. The molecule has 15 heavy (non-hydrogen) atoms. The molecule has 0 saturated carbocycles. The molecule has 0 aliphatic rings. The predicted molar refractivity (Wildman–Crippen MR) is 62.6 cm³/mol. The van der Waals surface area contributed by atoms with Crippen LogP contribution in [0.25, 0.3) is 0 Å². The van der Waals surface area contributed by atoms with Gasteiger partial charge in [-0.15, -0.1) is 0 Å². The molecule has 0 radical (unpaired) electrons. The van der Waals surface area contributed by atoms with Crippen molar-refractivity contribution in [1.82, 2.24) is 0 Å². The number of carbonyl (C=O) groups is 1. The van der Waals surface area contributed by atoms with Crippen LogP contribution in [0.15, 0.2) is 16.6 Å². The van der Waals surface area contributed by atoms with Gasteiger partial charge in [0.1, 0.15) is 12.1 Å². The third-order valence-corrected chi connectivity index (χ3v) is 2.90. The summed E-state index contributed by atoms with van der Waals surface area (Å²) in [5.74, 6) is 0.109. The molecule has 0 unspecified atom stereocenters. The van der Waals surface area contributed by atoms with Crippen LogP contribution >= 0.6 is 15.9 Å². The maximum Gasteiger partial charge on any atom is 0.140 e. The van der Waals surface area contributed by atoms with E-state index < -0.39 is 0 Å². The lowest BCUT2D eigenvalue weighted by Gasteiger charge is -2.10. The summed E-state index contributed by atoms with van der Waals surface area (Å²) in [7, 11) is 0. The molecule has 0 heterocycles. The predicted octanol–water partition coefficient (Wildman–Crippen LogP) is 3.84. The van der Waals surface area contributed by atoms with Crippen molar-refractivity contribution >= 4 is 22.2 Å². The lowest BCUT2D eigenvalue weighted by Crippen LogP contribution is -1.97. The molecule has 0 spiro atoms. The Hall–Kier alpha value is -0.700. The Morgan fingerprint density at radius 1 is 1.47 bits per heavy atom. The van der Waals surface area contributed by atoms with Gasteiger partial charge in [-0.25, -0.2) is 4.39 Å². The number of hydrogen-bond acceptors (Lipinski definition) is 1. The normalized spacial score (nSPS) is 10.7. The zero-order valence-electron chi connectivity index (χ0n) is 8.89. The van der Waals surface area contributed by atoms with E-state index in [1.54, 1.807) is 6.07 Å². The summed E-state index contributed by atoms with van der Waals surface area (Å²) in [6.45, 7) is 4.12. The highest BCUT2D eigenvalue weighted by atomic mass is 79.9. The van der Waals surface area contributed by atoms with Crippen molar-refractivity contribution in [2.24, 2.45) is 0 Å². The Kier molecular flexibility index (Phi) is 4.45. The van der Waals surface area contributed by atoms with Crippen LogP contribution in [0.5, 0.6) is 0 Å². The number of carbonyl (C=O) groups excluding carboxylic acids is 1. The van der Waals surface area contributed by atoms with E-state index in [-0.39, 0.29) is 5.82 Å². The fourth-order valence-corrected chi connectivity index (χ4v) is 1.92. The maximum atomic E-state index is 13.6. The molecule has 1 nitrogen and oxygen atoms in total. The van der Waals surface area contributed by atoms with E-state index in [1.807, 2.05) is 6.07 Å². The van der Waals surface area contributed by atoms with E-state index in [1.165, 1.54) is 0 Å². The Bertz CT molecular complexity index is 361. The minimum atomic E-state index is -0.249. The second-order valence-electron chi connectivity index (χ2n) is 3.84. The number of rotatable bonds is 4. The monoisotopic (exact) mass is 272 g/mol. The molecule has 3 heteroatoms. The van der Waals surface area contributed by atoms with E-state index >= 15 is 0 Å². The SMILES string of the molecule is CC(C)c1cc(Br)c(F)c(CCC=O)c1. The van der Waals surface area contributed by atoms with Crippen LogP contribution in [0.3, 0.4) is 0 Å². The standard InChI is InChI=1S/C12H14BrFO/c1-8(2)10-6-9(4-3-5-15)12(14)11(13)7-10/h5-8H,3-4H2,1-2H3. The average Bonchev–Trinajstić information content (AvgIpc) is 2.19. The summed E-state index contributed by atoms with van der Waals surface area (Å²) >= 11 is 3.19. The Morgan fingerprint density at radius 3 is 2.67 bits per heavy atom. The second-order valence-corrected chi connectivity index (χ2v) is 4.69. The van der Waals surface area contributed by atoms with Gasteiger partial charge in [-0.3, -0.25) is 0 Å². The molecule has 1 aromatic rings. The largest absolute Gasteiger partial charge is 0.303 e. The van der Waals surface area contributed by atoms with E-state index in [0.29, 0.717) is 28.8 Å². The van der Waals surface area contributed by atoms with Gasteiger partial charge in [-0.05, 0) is 45.5 Å². The van der Waals surface area contributed by atoms with Crippen LogP contribution in [0.1, 0.15) is 37.3 Å². The van der Waals surface area contributed by atoms with Crippen LogP contribution in [0, 0.1) is 5.82 Å². The van der Waals surface area contributed by atoms with Crippen molar-refractivity contribution in [2.75, 3.05) is 0 Å². The van der Waals surface area contributed by atoms with Crippen molar-refractivity contribution in [3.63, 3.8) is 0 Å². The van der Waals surface area contributed by atoms with Gasteiger partial charge in [-0.2, -0.15) is 0 Å². The van der Waals surface area contributed by atoms with Crippen LogP contribution in [-0.2, 0) is 11.2 Å². The summed E-state index contributed by atoms with van der Waals surface area (Å²) in [5.41, 5.74) is 1.70. The molecule has 82 valence electrons. The molecule has 0 atom stereocenters. The van der Waals surface area contributed by atoms with Crippen LogP contribution in [0.4, 0.5) is 4.39 Å². The Morgan fingerprint density at radius 2 is 2.13 bits per heavy atom. The van der Waals surface area contributed by atoms with Crippen molar-refractivity contribution < 1.29 is 9.18 Å². The number of aldehydes is 1. The molecule has 0 aromatic heterocycles. The summed E-state index contributed by atoms with van der Waals surface area (Å²) in [6, 6.07) is 3.64. The number of aryl methyl sites for hydroxylation is 1. The van der Waals surface area contributed by atoms with Gasteiger partial charge in [0.25, 0.3) is 0 Å². The molecule has 0 bridgehead atoms. The van der Waals surface area contributed by atoms with Crippen LogP contribution < -0.4 is 0 Å². The zero-order valence-corrected chi connectivity index (χ0v) is 10.5. The Balaban J connectivity index is 3.07. The van der Waals surface area contributed by atoms with Gasteiger partial charge in [0, 0.05) is 6.42 Å². The highest BCUT2D eigenvalue weighted by molar-refractivity contribution is 9.10. The first-order chi connectivity index (χ1) is 7.06. The quantitative estimate of drug-likeness (QED) is 0.762. The molecular weight excluding hydrogens is 259 g/mol. The lowest BCUT2D eigenvalue weighted by atomic mass is 9.99. The van der Waals surface area contributed by atoms with E-state index in [9.17, 15) is 9.18 Å². The zero-order chi connectivity index (χ0) is 11.4. The summed E-state index contributed by atoms with van der Waals surface area (Å²) in [4.78, 5) is 10.3. The van der Waals surface area contributed by atoms with Crippen molar-refractivity contribution in [2.45, 2.75) is 32.6 Å². The Labute approximate surface area is 97.8 Å². The first-order valence-corrected chi connectivity index (χ1v) is 5.77. The molecular formula is C12H14BrFO. The van der Waals surface area contributed by atoms with Crippen molar-refractivity contribution in [1.29, 1.82) is 0 Å². The number of halogens is 2. The van der Waals surface area contributed by atoms with Gasteiger partial charge in [-0.1, -0.05) is 19.9 Å². The van der Waals surface area contributed by atoms with Crippen LogP contribution in [0.2, 0.25) is 0 Å². The average molecular weight is 273 g/mol. The molecule has 0 aliphatic heterocycles. The number of hydrogen-bond donors (Lipinski definition) is 0. The van der Waals surface area contributed by atoms with Crippen molar-refractivity contribution in [3.05, 3.63) is 33.5 Å². The first-order valence-electron chi connectivity index (χ1n) is 4.97. The molecule has 0 saturated heterocycles. The van der Waals surface area contributed by atoms with Gasteiger partial charge >= 0.3 is 0 Å². The van der Waals surface area contributed by atoms with Gasteiger partial charge in [0.2, 0.25) is 0 Å². The molecule has 0 amide bonds. The molecule has 1 aromatic carbocycles. The van der Waals surface area contributed by atoms with Gasteiger partial charge < -0.3 is 4.79 Å². The molecule has 0 aliphatic carbocycles. The topological polar surface area (TPSA) is 17.1 Å². The summed E-state index contributed by atoms with van der Waals surface area (Å²) in [5, 5.41) is 0. The smallest absolute Gasteiger partial charge is 0.140 e. The first kappa shape index (κ1) is 12.4. The third-order valence-electron chi connectivity index (χ3n) is 2.32. The maximum absolute atomic E-state index is 13.6. The van der Waals surface area contributed by atoms with E-state index in [2.05, 4.69) is 29.8 Å². The van der Waals surface area contributed by atoms with Crippen LogP contribution in [-0.4, -0.2) is 6.29 Å². The highest BCUT2D eigenvalue weighted by Crippen LogP contribution is 2.26. The second kappa shape index (κ2) is 5.40. The molecule has 0 fully saturated rings. The van der Waals surface area contributed by atoms with Gasteiger partial charge in [0.15, 0.2) is 0 Å². The summed E-state index contributed by atoms with van der Waals surface area (Å²) < 4.78 is 14.1. The third kappa shape index (κ3) is 3.13. The van der Waals surface area contributed by atoms with E-state index in [0.717, 1.165) is 11.8 Å². The minimum absolute atomic E-state index is 0.249. The molecule has 0 N–H and O–H groups in total. The molecule has 1 rings (SSSR count). The van der Waals surface area contributed by atoms with Crippen molar-refractivity contribution in [3.8, 4) is 0 Å². The fraction of sp³-hybridized carbons (Fsp3) is 0.417. The highest BCUT2D eigenvalue weighted by Gasteiger charge is 2.10. The summed E-state index contributed by atoms with van der Waals surface area (Å²) in [6.07, 6.45) is 1.65. The minimum Gasteiger partial charge on any atom is -0.303 e. The van der Waals surface area contributed by atoms with Gasteiger partial charge in [0.05, 0.1) is 4.47 Å².